The number of rotatable bonds is 6. The molecule has 6 heteroatoms. The lowest BCUT2D eigenvalue weighted by Crippen LogP contribution is -2.46. The summed E-state index contributed by atoms with van der Waals surface area (Å²) in [6, 6.07) is 6.26. The van der Waals surface area contributed by atoms with E-state index in [0.717, 1.165) is 0 Å². The minimum Gasteiger partial charge on any atom is -0.353 e. The summed E-state index contributed by atoms with van der Waals surface area (Å²) in [7, 11) is 0. The first-order valence-electron chi connectivity index (χ1n) is 6.49. The van der Waals surface area contributed by atoms with Crippen molar-refractivity contribution >= 4 is 23.4 Å². The number of carbonyl (C=O) groups excluding carboxylic acids is 2. The maximum atomic E-state index is 11.8. The van der Waals surface area contributed by atoms with Gasteiger partial charge in [-0.2, -0.15) is 0 Å². The molecule has 0 aliphatic carbocycles. The number of halogens is 1. The third-order valence-electron chi connectivity index (χ3n) is 2.85. The van der Waals surface area contributed by atoms with Crippen molar-refractivity contribution in [1.82, 2.24) is 10.6 Å². The van der Waals surface area contributed by atoms with E-state index in [0.29, 0.717) is 23.7 Å². The largest absolute Gasteiger partial charge is 0.353 e. The van der Waals surface area contributed by atoms with E-state index >= 15 is 0 Å². The van der Waals surface area contributed by atoms with Gasteiger partial charge in [0.25, 0.3) is 5.91 Å². The van der Waals surface area contributed by atoms with Crippen LogP contribution in [0.5, 0.6) is 0 Å². The first kappa shape index (κ1) is 16.5. The maximum absolute atomic E-state index is 11.8. The molecule has 0 bridgehead atoms. The third-order valence-corrected chi connectivity index (χ3v) is 3.18. The van der Waals surface area contributed by atoms with Gasteiger partial charge in [0.15, 0.2) is 0 Å². The third kappa shape index (κ3) is 4.83. The molecule has 0 radical (unpaired) electrons. The van der Waals surface area contributed by atoms with Crippen LogP contribution in [0.4, 0.5) is 0 Å². The molecule has 2 amide bonds. The van der Waals surface area contributed by atoms with E-state index in [1.54, 1.807) is 24.3 Å². The summed E-state index contributed by atoms with van der Waals surface area (Å²) in [6.07, 6.45) is 0. The fourth-order valence-corrected chi connectivity index (χ4v) is 1.74. The summed E-state index contributed by atoms with van der Waals surface area (Å²) < 4.78 is 0. The number of hydrogen-bond acceptors (Lipinski definition) is 3. The Morgan fingerprint density at radius 2 is 1.80 bits per heavy atom. The van der Waals surface area contributed by atoms with Crippen molar-refractivity contribution in [3.05, 3.63) is 34.9 Å². The van der Waals surface area contributed by atoms with E-state index in [1.165, 1.54) is 0 Å². The van der Waals surface area contributed by atoms with Crippen molar-refractivity contribution < 1.29 is 9.59 Å². The highest BCUT2D eigenvalue weighted by Gasteiger charge is 2.16. The number of nitrogens with two attached hydrogens (primary N) is 1. The highest BCUT2D eigenvalue weighted by molar-refractivity contribution is 6.33. The SMILES string of the molecule is CC(C)[C@H](N)C(=O)NCCNC(=O)c1ccccc1Cl. The molecule has 5 nitrogen and oxygen atoms in total. The Morgan fingerprint density at radius 3 is 2.40 bits per heavy atom. The first-order valence-corrected chi connectivity index (χ1v) is 6.87. The van der Waals surface area contributed by atoms with Crippen LogP contribution < -0.4 is 16.4 Å². The number of nitrogens with one attached hydrogen (secondary N) is 2. The van der Waals surface area contributed by atoms with E-state index in [4.69, 9.17) is 17.3 Å². The van der Waals surface area contributed by atoms with Gasteiger partial charge in [-0.3, -0.25) is 9.59 Å². The highest BCUT2D eigenvalue weighted by Crippen LogP contribution is 2.14. The molecule has 20 heavy (non-hydrogen) atoms. The standard InChI is InChI=1S/C14H20ClN3O2/c1-9(2)12(16)14(20)18-8-7-17-13(19)10-5-3-4-6-11(10)15/h3-6,9,12H,7-8,16H2,1-2H3,(H,17,19)(H,18,20)/t12-/m0/s1. The molecule has 1 aromatic carbocycles. The van der Waals surface area contributed by atoms with Crippen molar-refractivity contribution in [3.63, 3.8) is 0 Å². The predicted octanol–water partition coefficient (Wildman–Crippen LogP) is 1.17. The fraction of sp³-hybridized carbons (Fsp3) is 0.429. The van der Waals surface area contributed by atoms with Crippen molar-refractivity contribution in [1.29, 1.82) is 0 Å². The lowest BCUT2D eigenvalue weighted by atomic mass is 10.1. The fourth-order valence-electron chi connectivity index (χ4n) is 1.52. The summed E-state index contributed by atoms with van der Waals surface area (Å²) in [5, 5.41) is 5.76. The zero-order valence-electron chi connectivity index (χ0n) is 11.7. The monoisotopic (exact) mass is 297 g/mol. The Balaban J connectivity index is 2.33. The maximum Gasteiger partial charge on any atom is 0.252 e. The molecule has 0 fully saturated rings. The van der Waals surface area contributed by atoms with Crippen molar-refractivity contribution in [2.45, 2.75) is 19.9 Å². The molecular formula is C14H20ClN3O2. The summed E-state index contributed by atoms with van der Waals surface area (Å²) in [5.41, 5.74) is 6.11. The van der Waals surface area contributed by atoms with Gasteiger partial charge in [-0.25, -0.2) is 0 Å². The van der Waals surface area contributed by atoms with E-state index < -0.39 is 6.04 Å². The second-order valence-corrected chi connectivity index (χ2v) is 5.20. The summed E-state index contributed by atoms with van der Waals surface area (Å²) in [6.45, 7) is 4.41. The molecule has 0 spiro atoms. The van der Waals surface area contributed by atoms with E-state index in [1.807, 2.05) is 13.8 Å². The molecule has 0 aromatic heterocycles. The Bertz CT molecular complexity index is 477. The molecular weight excluding hydrogens is 278 g/mol. The summed E-state index contributed by atoms with van der Waals surface area (Å²) >= 11 is 5.91. The average molecular weight is 298 g/mol. The molecule has 0 aliphatic heterocycles. The van der Waals surface area contributed by atoms with E-state index in [2.05, 4.69) is 10.6 Å². The van der Waals surface area contributed by atoms with Crippen LogP contribution >= 0.6 is 11.6 Å². The first-order chi connectivity index (χ1) is 9.43. The molecule has 1 aromatic rings. The van der Waals surface area contributed by atoms with Gasteiger partial charge >= 0.3 is 0 Å². The van der Waals surface area contributed by atoms with Gasteiger partial charge in [-0.05, 0) is 18.1 Å². The van der Waals surface area contributed by atoms with Crippen LogP contribution in [0.15, 0.2) is 24.3 Å². The molecule has 0 aliphatic rings. The van der Waals surface area contributed by atoms with Crippen LogP contribution in [-0.4, -0.2) is 30.9 Å². The molecule has 0 heterocycles. The number of benzene rings is 1. The van der Waals surface area contributed by atoms with Gasteiger partial charge in [-0.15, -0.1) is 0 Å². The smallest absolute Gasteiger partial charge is 0.252 e. The molecule has 1 rings (SSSR count). The van der Waals surface area contributed by atoms with E-state index in [9.17, 15) is 9.59 Å². The van der Waals surface area contributed by atoms with Crippen LogP contribution in [0.1, 0.15) is 24.2 Å². The molecule has 0 saturated carbocycles. The van der Waals surface area contributed by atoms with Crippen LogP contribution in [0.25, 0.3) is 0 Å². The van der Waals surface area contributed by atoms with Gasteiger partial charge in [0.2, 0.25) is 5.91 Å². The lowest BCUT2D eigenvalue weighted by molar-refractivity contribution is -0.123. The van der Waals surface area contributed by atoms with Gasteiger partial charge in [0, 0.05) is 13.1 Å². The van der Waals surface area contributed by atoms with Gasteiger partial charge in [0.1, 0.15) is 0 Å². The highest BCUT2D eigenvalue weighted by atomic mass is 35.5. The lowest BCUT2D eigenvalue weighted by Gasteiger charge is -2.15. The second kappa shape index (κ2) is 7.87. The molecule has 0 unspecified atom stereocenters. The quantitative estimate of drug-likeness (QED) is 0.689. The number of amides is 2. The second-order valence-electron chi connectivity index (χ2n) is 4.80. The number of hydrogen-bond donors (Lipinski definition) is 3. The topological polar surface area (TPSA) is 84.2 Å². The van der Waals surface area contributed by atoms with Gasteiger partial charge < -0.3 is 16.4 Å². The van der Waals surface area contributed by atoms with Crippen LogP contribution in [0, 0.1) is 5.92 Å². The van der Waals surface area contributed by atoms with Crippen LogP contribution in [-0.2, 0) is 4.79 Å². The summed E-state index contributed by atoms with van der Waals surface area (Å²) in [4.78, 5) is 23.4. The molecule has 0 saturated heterocycles. The zero-order chi connectivity index (χ0) is 15.1. The summed E-state index contributed by atoms with van der Waals surface area (Å²) in [5.74, 6) is -0.405. The van der Waals surface area contributed by atoms with E-state index in [-0.39, 0.29) is 17.7 Å². The Labute approximate surface area is 123 Å². The molecule has 110 valence electrons. The van der Waals surface area contributed by atoms with Crippen LogP contribution in [0.3, 0.4) is 0 Å². The molecule has 4 N–H and O–H groups in total. The van der Waals surface area contributed by atoms with Gasteiger partial charge in [0.05, 0.1) is 16.6 Å². The molecule has 1 atom stereocenters. The minimum atomic E-state index is -0.533. The van der Waals surface area contributed by atoms with Gasteiger partial charge in [-0.1, -0.05) is 37.6 Å². The normalized spacial score (nSPS) is 12.1. The van der Waals surface area contributed by atoms with Crippen molar-refractivity contribution in [3.8, 4) is 0 Å². The number of carbonyl (C=O) groups is 2. The van der Waals surface area contributed by atoms with Crippen molar-refractivity contribution in [2.24, 2.45) is 11.7 Å². The minimum absolute atomic E-state index is 0.0766. The zero-order valence-corrected chi connectivity index (χ0v) is 12.4. The average Bonchev–Trinajstić information content (AvgIpc) is 2.42. The Kier molecular flexibility index (Phi) is 6.48. The van der Waals surface area contributed by atoms with Crippen LogP contribution in [0.2, 0.25) is 5.02 Å². The van der Waals surface area contributed by atoms with Crippen molar-refractivity contribution in [2.75, 3.05) is 13.1 Å². The predicted molar refractivity (Wildman–Crippen MR) is 79.6 cm³/mol. The Morgan fingerprint density at radius 1 is 1.20 bits per heavy atom. The Hall–Kier alpha value is -1.59.